The number of hydrogen-bond donors (Lipinski definition) is 2. The largest absolute Gasteiger partial charge is 0.394 e. The van der Waals surface area contributed by atoms with Crippen LogP contribution in [0.2, 0.25) is 0 Å². The van der Waals surface area contributed by atoms with E-state index < -0.39 is 35.7 Å². The smallest absolute Gasteiger partial charge is 0.166 e. The van der Waals surface area contributed by atoms with Crippen LogP contribution < -0.4 is 5.73 Å². The fraction of sp³-hybridized carbons (Fsp3) is 0.250. The summed E-state index contributed by atoms with van der Waals surface area (Å²) in [5.74, 6) is -3.48. The van der Waals surface area contributed by atoms with E-state index in [4.69, 9.17) is 10.8 Å². The monoisotopic (exact) mass is 191 g/mol. The summed E-state index contributed by atoms with van der Waals surface area (Å²) >= 11 is 0. The molecule has 1 aromatic carbocycles. The van der Waals surface area contributed by atoms with Crippen molar-refractivity contribution in [2.45, 2.75) is 6.04 Å². The van der Waals surface area contributed by atoms with Gasteiger partial charge in [0.15, 0.2) is 11.6 Å². The average molecular weight is 191 g/mol. The first-order valence-electron chi connectivity index (χ1n) is 3.57. The lowest BCUT2D eigenvalue weighted by Gasteiger charge is -2.10. The minimum atomic E-state index is -1.35. The number of nitrogens with two attached hydrogens (primary N) is 1. The van der Waals surface area contributed by atoms with Gasteiger partial charge in [0.2, 0.25) is 0 Å². The first kappa shape index (κ1) is 10.0. The second kappa shape index (κ2) is 3.76. The molecule has 0 aromatic heterocycles. The number of aliphatic hydroxyl groups excluding tert-OH is 1. The maximum Gasteiger partial charge on any atom is 0.166 e. The van der Waals surface area contributed by atoms with E-state index >= 15 is 0 Å². The normalized spacial score (nSPS) is 13.0. The molecule has 0 aliphatic heterocycles. The fourth-order valence-corrected chi connectivity index (χ4v) is 0.974. The average Bonchev–Trinajstić information content (AvgIpc) is 2.12. The summed E-state index contributed by atoms with van der Waals surface area (Å²) in [7, 11) is 0. The lowest BCUT2D eigenvalue weighted by Crippen LogP contribution is -2.18. The van der Waals surface area contributed by atoms with Gasteiger partial charge in [-0.15, -0.1) is 0 Å². The summed E-state index contributed by atoms with van der Waals surface area (Å²) in [6.45, 7) is -0.642. The Morgan fingerprint density at radius 3 is 2.31 bits per heavy atom. The summed E-state index contributed by atoms with van der Waals surface area (Å²) in [6, 6.07) is 0.192. The van der Waals surface area contributed by atoms with Crippen LogP contribution in [0.3, 0.4) is 0 Å². The number of aliphatic hydroxyl groups is 1. The minimum Gasteiger partial charge on any atom is -0.394 e. The number of benzene rings is 1. The molecule has 0 fully saturated rings. The molecule has 1 rings (SSSR count). The van der Waals surface area contributed by atoms with Gasteiger partial charge in [-0.25, -0.2) is 13.2 Å². The number of halogens is 3. The van der Waals surface area contributed by atoms with Gasteiger partial charge >= 0.3 is 0 Å². The van der Waals surface area contributed by atoms with E-state index in [2.05, 4.69) is 0 Å². The zero-order chi connectivity index (χ0) is 10.0. The lowest BCUT2D eigenvalue weighted by molar-refractivity contribution is 0.261. The first-order chi connectivity index (χ1) is 6.07. The molecule has 0 radical (unpaired) electrons. The van der Waals surface area contributed by atoms with E-state index in [-0.39, 0.29) is 0 Å². The Bertz CT molecular complexity index is 317. The second-order valence-corrected chi connectivity index (χ2v) is 2.55. The highest BCUT2D eigenvalue weighted by Crippen LogP contribution is 2.20. The van der Waals surface area contributed by atoms with Crippen LogP contribution in [0.5, 0.6) is 0 Å². The lowest BCUT2D eigenvalue weighted by atomic mass is 10.1. The van der Waals surface area contributed by atoms with Crippen LogP contribution in [0.4, 0.5) is 13.2 Å². The molecule has 0 saturated heterocycles. The molecule has 1 atom stereocenters. The van der Waals surface area contributed by atoms with Gasteiger partial charge in [0.25, 0.3) is 0 Å². The van der Waals surface area contributed by atoms with Crippen molar-refractivity contribution in [2.75, 3.05) is 6.61 Å². The third kappa shape index (κ3) is 1.81. The molecule has 3 N–H and O–H groups in total. The van der Waals surface area contributed by atoms with Crippen molar-refractivity contribution in [3.8, 4) is 0 Å². The molecule has 0 spiro atoms. The van der Waals surface area contributed by atoms with Gasteiger partial charge in [-0.05, 0) is 12.1 Å². The van der Waals surface area contributed by atoms with Gasteiger partial charge in [0.05, 0.1) is 12.6 Å². The van der Waals surface area contributed by atoms with Gasteiger partial charge in [0, 0.05) is 5.56 Å². The predicted molar refractivity (Wildman–Crippen MR) is 40.3 cm³/mol. The highest BCUT2D eigenvalue weighted by molar-refractivity contribution is 5.24. The SMILES string of the molecule is N[C@@H](CO)c1c(F)ccc(F)c1F. The molecular weight excluding hydrogens is 183 g/mol. The van der Waals surface area contributed by atoms with Crippen molar-refractivity contribution < 1.29 is 18.3 Å². The molecule has 0 bridgehead atoms. The van der Waals surface area contributed by atoms with E-state index in [9.17, 15) is 13.2 Å². The van der Waals surface area contributed by atoms with Crippen molar-refractivity contribution in [2.24, 2.45) is 5.73 Å². The summed E-state index contributed by atoms with van der Waals surface area (Å²) in [6.07, 6.45) is 0. The molecule has 0 amide bonds. The van der Waals surface area contributed by atoms with Crippen LogP contribution in [0, 0.1) is 17.5 Å². The maximum absolute atomic E-state index is 12.9. The quantitative estimate of drug-likeness (QED) is 0.687. The molecular formula is C8H8F3NO. The van der Waals surface area contributed by atoms with Crippen molar-refractivity contribution in [1.82, 2.24) is 0 Å². The van der Waals surface area contributed by atoms with Gasteiger partial charge in [-0.2, -0.15) is 0 Å². The Hall–Kier alpha value is -1.07. The molecule has 5 heteroatoms. The van der Waals surface area contributed by atoms with Crippen molar-refractivity contribution in [3.63, 3.8) is 0 Å². The summed E-state index contributed by atoms with van der Waals surface area (Å²) in [4.78, 5) is 0. The topological polar surface area (TPSA) is 46.2 Å². The third-order valence-corrected chi connectivity index (χ3v) is 1.65. The number of hydrogen-bond acceptors (Lipinski definition) is 2. The Balaban J connectivity index is 3.25. The standard InChI is InChI=1S/C8H8F3NO/c9-4-1-2-5(10)8(11)7(4)6(12)3-13/h1-2,6,13H,3,12H2/t6-/m0/s1. The van der Waals surface area contributed by atoms with E-state index in [0.29, 0.717) is 6.07 Å². The van der Waals surface area contributed by atoms with Crippen LogP contribution in [-0.4, -0.2) is 11.7 Å². The van der Waals surface area contributed by atoms with Crippen molar-refractivity contribution in [1.29, 1.82) is 0 Å². The van der Waals surface area contributed by atoms with Gasteiger partial charge < -0.3 is 10.8 Å². The first-order valence-corrected chi connectivity index (χ1v) is 3.57. The molecule has 1 aromatic rings. The highest BCUT2D eigenvalue weighted by Gasteiger charge is 2.18. The Labute approximate surface area is 72.8 Å². The van der Waals surface area contributed by atoms with Gasteiger partial charge in [-0.3, -0.25) is 0 Å². The molecule has 72 valence electrons. The van der Waals surface area contributed by atoms with Crippen LogP contribution in [0.15, 0.2) is 12.1 Å². The highest BCUT2D eigenvalue weighted by atomic mass is 19.2. The zero-order valence-electron chi connectivity index (χ0n) is 6.60. The van der Waals surface area contributed by atoms with Crippen LogP contribution >= 0.6 is 0 Å². The van der Waals surface area contributed by atoms with Crippen molar-refractivity contribution in [3.05, 3.63) is 35.1 Å². The van der Waals surface area contributed by atoms with E-state index in [1.165, 1.54) is 0 Å². The number of rotatable bonds is 2. The van der Waals surface area contributed by atoms with Crippen LogP contribution in [-0.2, 0) is 0 Å². The predicted octanol–water partition coefficient (Wildman–Crippen LogP) is 1.10. The minimum absolute atomic E-state index is 0.623. The molecule has 13 heavy (non-hydrogen) atoms. The molecule has 0 saturated carbocycles. The molecule has 0 heterocycles. The Morgan fingerprint density at radius 2 is 1.77 bits per heavy atom. The van der Waals surface area contributed by atoms with Gasteiger partial charge in [-0.1, -0.05) is 0 Å². The van der Waals surface area contributed by atoms with Crippen LogP contribution in [0.1, 0.15) is 11.6 Å². The summed E-state index contributed by atoms with van der Waals surface area (Å²) in [5, 5.41) is 8.55. The molecule has 0 aliphatic rings. The molecule has 0 aliphatic carbocycles. The van der Waals surface area contributed by atoms with E-state index in [1.807, 2.05) is 0 Å². The van der Waals surface area contributed by atoms with Gasteiger partial charge in [0.1, 0.15) is 5.82 Å². The van der Waals surface area contributed by atoms with E-state index in [0.717, 1.165) is 6.07 Å². The summed E-state index contributed by atoms with van der Waals surface area (Å²) in [5.41, 5.74) is 4.55. The maximum atomic E-state index is 12.9. The fourth-order valence-electron chi connectivity index (χ4n) is 0.974. The Kier molecular flexibility index (Phi) is 2.90. The molecule has 2 nitrogen and oxygen atoms in total. The Morgan fingerprint density at radius 1 is 1.23 bits per heavy atom. The van der Waals surface area contributed by atoms with Crippen molar-refractivity contribution >= 4 is 0 Å². The second-order valence-electron chi connectivity index (χ2n) is 2.55. The molecule has 0 unspecified atom stereocenters. The summed E-state index contributed by atoms with van der Waals surface area (Å²) < 4.78 is 38.3. The third-order valence-electron chi connectivity index (χ3n) is 1.65. The van der Waals surface area contributed by atoms with E-state index in [1.54, 1.807) is 0 Å². The zero-order valence-corrected chi connectivity index (χ0v) is 6.60. The van der Waals surface area contributed by atoms with Crippen LogP contribution in [0.25, 0.3) is 0 Å².